The van der Waals surface area contributed by atoms with Crippen LogP contribution in [0.5, 0.6) is 0 Å². The van der Waals surface area contributed by atoms with E-state index in [0.29, 0.717) is 0 Å². The van der Waals surface area contributed by atoms with E-state index in [2.05, 4.69) is 87.5 Å². The Kier molecular flexibility index (Phi) is 10.6. The van der Waals surface area contributed by atoms with Crippen molar-refractivity contribution in [1.29, 1.82) is 0 Å². The van der Waals surface area contributed by atoms with Gasteiger partial charge in [-0.05, 0) is 128 Å². The van der Waals surface area contributed by atoms with Crippen molar-refractivity contribution in [3.8, 4) is 11.1 Å². The first-order chi connectivity index (χ1) is 20.4. The van der Waals surface area contributed by atoms with Crippen LogP contribution < -0.4 is 0 Å². The lowest BCUT2D eigenvalue weighted by Gasteiger charge is -2.29. The van der Waals surface area contributed by atoms with Gasteiger partial charge >= 0.3 is 0 Å². The van der Waals surface area contributed by atoms with Crippen molar-refractivity contribution in [2.24, 2.45) is 22.9 Å². The highest BCUT2D eigenvalue weighted by Gasteiger charge is 2.23. The van der Waals surface area contributed by atoms with E-state index in [9.17, 15) is 0 Å². The Hall–Kier alpha value is -2.87. The normalized spacial score (nSPS) is 23.1. The highest BCUT2D eigenvalue weighted by atomic mass is 15.4. The molecule has 0 amide bonds. The first kappa shape index (κ1) is 30.6. The molecule has 2 heteroatoms. The van der Waals surface area contributed by atoms with Gasteiger partial charge in [-0.3, -0.25) is 0 Å². The standard InChI is InChI=1S/C40H54N2/c1-6-7-31-10-12-32(13-11-31)26-33-14-16-34(17-15-33)27-35-18-25-39(40(28-35)30(3)41-42(4)5)38-23-21-37(22-24-38)36-19-8-29(2)9-20-36/h10-13,18,21-25,28-29,33-34,36H,6-9,14-17,19-20,26-27H2,1-5H3/b41-30+. The zero-order valence-corrected chi connectivity index (χ0v) is 27.0. The largest absolute Gasteiger partial charge is 0.303 e. The average molecular weight is 563 g/mol. The predicted molar refractivity (Wildman–Crippen MR) is 181 cm³/mol. The summed E-state index contributed by atoms with van der Waals surface area (Å²) in [6.07, 6.45) is 15.7. The van der Waals surface area contributed by atoms with E-state index in [0.717, 1.165) is 29.4 Å². The summed E-state index contributed by atoms with van der Waals surface area (Å²) in [6.45, 7) is 6.83. The number of hydrazone groups is 1. The minimum Gasteiger partial charge on any atom is -0.303 e. The molecule has 2 fully saturated rings. The molecule has 0 aromatic heterocycles. The molecule has 0 heterocycles. The number of benzene rings is 3. The van der Waals surface area contributed by atoms with Crippen LogP contribution in [-0.4, -0.2) is 24.8 Å². The predicted octanol–water partition coefficient (Wildman–Crippen LogP) is 10.5. The Morgan fingerprint density at radius 2 is 1.29 bits per heavy atom. The summed E-state index contributed by atoms with van der Waals surface area (Å²) in [5.74, 6) is 3.25. The van der Waals surface area contributed by atoms with E-state index in [-0.39, 0.29) is 0 Å². The SMILES string of the molecule is CCCc1ccc(CC2CCC(Cc3ccc(-c4ccc(C5CCC(C)CC5)cc4)c(/C(C)=N/N(C)C)c3)CC2)cc1. The maximum Gasteiger partial charge on any atom is 0.0652 e. The number of nitrogens with zero attached hydrogens (tertiary/aromatic N) is 2. The van der Waals surface area contributed by atoms with Crippen LogP contribution in [0.25, 0.3) is 11.1 Å². The van der Waals surface area contributed by atoms with E-state index in [1.165, 1.54) is 116 Å². The van der Waals surface area contributed by atoms with Gasteiger partial charge in [-0.25, -0.2) is 0 Å². The number of hydrogen-bond donors (Lipinski definition) is 0. The van der Waals surface area contributed by atoms with Gasteiger partial charge in [0.25, 0.3) is 0 Å². The molecule has 0 spiro atoms. The molecular weight excluding hydrogens is 508 g/mol. The maximum absolute atomic E-state index is 4.84. The van der Waals surface area contributed by atoms with Crippen molar-refractivity contribution in [1.82, 2.24) is 5.01 Å². The number of hydrogen-bond acceptors (Lipinski definition) is 2. The van der Waals surface area contributed by atoms with Crippen LogP contribution in [-0.2, 0) is 19.3 Å². The highest BCUT2D eigenvalue weighted by molar-refractivity contribution is 6.04. The summed E-state index contributed by atoms with van der Waals surface area (Å²) in [5.41, 5.74) is 11.0. The lowest BCUT2D eigenvalue weighted by atomic mass is 9.77. The average Bonchev–Trinajstić information content (AvgIpc) is 2.99. The monoisotopic (exact) mass is 562 g/mol. The topological polar surface area (TPSA) is 15.6 Å². The number of rotatable bonds is 10. The molecule has 3 aromatic rings. The van der Waals surface area contributed by atoms with Crippen molar-refractivity contribution in [3.63, 3.8) is 0 Å². The van der Waals surface area contributed by atoms with E-state index in [1.54, 1.807) is 0 Å². The van der Waals surface area contributed by atoms with Gasteiger partial charge in [-0.2, -0.15) is 5.10 Å². The Balaban J connectivity index is 1.24. The van der Waals surface area contributed by atoms with Crippen molar-refractivity contribution in [2.45, 2.75) is 104 Å². The molecule has 42 heavy (non-hydrogen) atoms. The highest BCUT2D eigenvalue weighted by Crippen LogP contribution is 2.37. The first-order valence-electron chi connectivity index (χ1n) is 16.9. The molecule has 0 aliphatic heterocycles. The molecule has 0 N–H and O–H groups in total. The molecule has 2 saturated carbocycles. The van der Waals surface area contributed by atoms with Gasteiger partial charge in [0, 0.05) is 19.7 Å². The Bertz CT molecular complexity index is 1280. The van der Waals surface area contributed by atoms with Crippen molar-refractivity contribution < 1.29 is 0 Å². The van der Waals surface area contributed by atoms with Crippen LogP contribution in [0.3, 0.4) is 0 Å². The molecule has 2 aliphatic rings. The molecule has 5 rings (SSSR count). The second-order valence-corrected chi connectivity index (χ2v) is 13.9. The molecule has 2 nitrogen and oxygen atoms in total. The van der Waals surface area contributed by atoms with Crippen molar-refractivity contribution in [3.05, 3.63) is 94.5 Å². The molecule has 0 unspecified atom stereocenters. The zero-order chi connectivity index (χ0) is 29.5. The molecule has 224 valence electrons. The molecule has 0 atom stereocenters. The van der Waals surface area contributed by atoms with E-state index in [1.807, 2.05) is 19.1 Å². The lowest BCUT2D eigenvalue weighted by molar-refractivity contribution is 0.272. The smallest absolute Gasteiger partial charge is 0.0652 e. The Labute approximate surface area is 256 Å². The van der Waals surface area contributed by atoms with Crippen LogP contribution in [0.4, 0.5) is 0 Å². The van der Waals surface area contributed by atoms with E-state index < -0.39 is 0 Å². The third-order valence-corrected chi connectivity index (χ3v) is 10.1. The van der Waals surface area contributed by atoms with Gasteiger partial charge in [0.2, 0.25) is 0 Å². The second kappa shape index (κ2) is 14.5. The van der Waals surface area contributed by atoms with Crippen LogP contribution in [0.15, 0.2) is 71.8 Å². The molecule has 0 saturated heterocycles. The summed E-state index contributed by atoms with van der Waals surface area (Å²) in [5, 5.41) is 6.76. The van der Waals surface area contributed by atoms with Gasteiger partial charge in [0.05, 0.1) is 5.71 Å². The van der Waals surface area contributed by atoms with Crippen LogP contribution in [0.1, 0.15) is 112 Å². The minimum atomic E-state index is 0.732. The minimum absolute atomic E-state index is 0.732. The molecule has 3 aromatic carbocycles. The summed E-state index contributed by atoms with van der Waals surface area (Å²) in [6, 6.07) is 26.1. The summed E-state index contributed by atoms with van der Waals surface area (Å²) in [7, 11) is 4.04. The van der Waals surface area contributed by atoms with Gasteiger partial charge in [0.15, 0.2) is 0 Å². The van der Waals surface area contributed by atoms with Crippen LogP contribution >= 0.6 is 0 Å². The van der Waals surface area contributed by atoms with Gasteiger partial charge < -0.3 is 5.01 Å². The summed E-state index contributed by atoms with van der Waals surface area (Å²) in [4.78, 5) is 0. The van der Waals surface area contributed by atoms with Crippen molar-refractivity contribution in [2.75, 3.05) is 14.1 Å². The third kappa shape index (κ3) is 8.15. The fourth-order valence-corrected chi connectivity index (χ4v) is 7.59. The number of aryl methyl sites for hydroxylation is 1. The first-order valence-corrected chi connectivity index (χ1v) is 16.9. The summed E-state index contributed by atoms with van der Waals surface area (Å²) >= 11 is 0. The van der Waals surface area contributed by atoms with E-state index in [4.69, 9.17) is 5.10 Å². The third-order valence-electron chi connectivity index (χ3n) is 10.1. The van der Waals surface area contributed by atoms with Crippen LogP contribution in [0, 0.1) is 17.8 Å². The fraction of sp³-hybridized carbons (Fsp3) is 0.525. The Morgan fingerprint density at radius 3 is 1.88 bits per heavy atom. The molecule has 0 radical (unpaired) electrons. The molecule has 0 bridgehead atoms. The van der Waals surface area contributed by atoms with E-state index >= 15 is 0 Å². The molecular formula is C40H54N2. The van der Waals surface area contributed by atoms with Gasteiger partial charge in [-0.1, -0.05) is 93.8 Å². The van der Waals surface area contributed by atoms with Gasteiger partial charge in [0.1, 0.15) is 0 Å². The van der Waals surface area contributed by atoms with Crippen LogP contribution in [0.2, 0.25) is 0 Å². The quantitative estimate of drug-likeness (QED) is 0.177. The fourth-order valence-electron chi connectivity index (χ4n) is 7.59. The van der Waals surface area contributed by atoms with Crippen molar-refractivity contribution >= 4 is 5.71 Å². The maximum atomic E-state index is 4.84. The summed E-state index contributed by atoms with van der Waals surface area (Å²) < 4.78 is 0. The van der Waals surface area contributed by atoms with Gasteiger partial charge in [-0.15, -0.1) is 0 Å². The zero-order valence-electron chi connectivity index (χ0n) is 27.0. The molecule has 2 aliphatic carbocycles. The second-order valence-electron chi connectivity index (χ2n) is 13.9. The lowest BCUT2D eigenvalue weighted by Crippen LogP contribution is -2.18. The Morgan fingerprint density at radius 1 is 0.714 bits per heavy atom.